The predicted octanol–water partition coefficient (Wildman–Crippen LogP) is 2.58. The normalized spacial score (nSPS) is 15.8. The first-order valence-electron chi connectivity index (χ1n) is 12.8. The number of aliphatic hydroxyl groups excluding tert-OH is 1. The largest absolute Gasteiger partial charge is 0.395 e. The molecule has 1 saturated carbocycles. The smallest absolute Gasteiger partial charge is 0.237 e. The summed E-state index contributed by atoms with van der Waals surface area (Å²) in [6, 6.07) is 17.0. The van der Waals surface area contributed by atoms with Gasteiger partial charge in [0.2, 0.25) is 11.8 Å². The van der Waals surface area contributed by atoms with Crippen LogP contribution in [0.4, 0.5) is 0 Å². The first kappa shape index (κ1) is 26.9. The highest BCUT2D eigenvalue weighted by atomic mass is 16.3. The van der Waals surface area contributed by atoms with E-state index in [1.807, 2.05) is 54.6 Å². The Labute approximate surface area is 208 Å². The minimum absolute atomic E-state index is 0.0181. The lowest BCUT2D eigenvalue weighted by Crippen LogP contribution is -2.48. The van der Waals surface area contributed by atoms with Crippen molar-refractivity contribution in [2.75, 3.05) is 19.7 Å². The van der Waals surface area contributed by atoms with Crippen LogP contribution in [0.3, 0.4) is 0 Å². The van der Waals surface area contributed by atoms with E-state index in [-0.39, 0.29) is 31.0 Å². The summed E-state index contributed by atoms with van der Waals surface area (Å²) in [6.45, 7) is 1.45. The summed E-state index contributed by atoms with van der Waals surface area (Å²) in [6.07, 6.45) is 6.74. The molecule has 1 aliphatic carbocycles. The van der Waals surface area contributed by atoms with Crippen LogP contribution in [-0.4, -0.2) is 42.7 Å². The molecule has 0 aromatic heterocycles. The maximum absolute atomic E-state index is 13.2. The number of hydrogen-bond acceptors (Lipinski definition) is 5. The van der Waals surface area contributed by atoms with Gasteiger partial charge in [0.05, 0.1) is 18.6 Å². The molecule has 1 aliphatic rings. The van der Waals surface area contributed by atoms with Crippen LogP contribution in [0.2, 0.25) is 0 Å². The Balaban J connectivity index is 1.62. The predicted molar refractivity (Wildman–Crippen MR) is 138 cm³/mol. The first-order valence-corrected chi connectivity index (χ1v) is 12.8. The van der Waals surface area contributed by atoms with Crippen LogP contribution in [0, 0.1) is 5.92 Å². The van der Waals surface area contributed by atoms with Crippen LogP contribution >= 0.6 is 0 Å². The van der Waals surface area contributed by atoms with Gasteiger partial charge in [0.1, 0.15) is 0 Å². The van der Waals surface area contributed by atoms with Crippen LogP contribution in [0.1, 0.15) is 61.1 Å². The fourth-order valence-corrected chi connectivity index (χ4v) is 4.76. The molecule has 3 rings (SSSR count). The average Bonchev–Trinajstić information content (AvgIpc) is 2.91. The van der Waals surface area contributed by atoms with Gasteiger partial charge in [0.15, 0.2) is 0 Å². The Morgan fingerprint density at radius 3 is 2.26 bits per heavy atom. The number of benzene rings is 2. The summed E-state index contributed by atoms with van der Waals surface area (Å²) in [5.41, 5.74) is 8.56. The monoisotopic (exact) mass is 480 g/mol. The molecule has 35 heavy (non-hydrogen) atoms. The summed E-state index contributed by atoms with van der Waals surface area (Å²) < 4.78 is 0. The zero-order valence-corrected chi connectivity index (χ0v) is 20.5. The summed E-state index contributed by atoms with van der Waals surface area (Å²) >= 11 is 0. The summed E-state index contributed by atoms with van der Waals surface area (Å²) in [5.74, 6) is -0.233. The molecule has 0 spiro atoms. The van der Waals surface area contributed by atoms with Crippen LogP contribution in [0.15, 0.2) is 54.6 Å². The van der Waals surface area contributed by atoms with E-state index in [1.54, 1.807) is 0 Å². The zero-order chi connectivity index (χ0) is 24.9. The van der Waals surface area contributed by atoms with E-state index in [9.17, 15) is 14.7 Å². The van der Waals surface area contributed by atoms with E-state index in [4.69, 9.17) is 5.73 Å². The number of nitrogens with one attached hydrogen (secondary N) is 3. The second-order valence-corrected chi connectivity index (χ2v) is 9.42. The zero-order valence-electron chi connectivity index (χ0n) is 20.5. The molecule has 1 fully saturated rings. The molecule has 0 aliphatic heterocycles. The van der Waals surface area contributed by atoms with E-state index in [0.717, 1.165) is 36.0 Å². The van der Waals surface area contributed by atoms with Gasteiger partial charge in [-0.1, -0.05) is 86.7 Å². The van der Waals surface area contributed by atoms with Gasteiger partial charge in [-0.05, 0) is 29.0 Å². The van der Waals surface area contributed by atoms with Crippen molar-refractivity contribution >= 4 is 11.8 Å². The highest BCUT2D eigenvalue weighted by Crippen LogP contribution is 2.27. The van der Waals surface area contributed by atoms with Gasteiger partial charge >= 0.3 is 0 Å². The Morgan fingerprint density at radius 1 is 0.914 bits per heavy atom. The lowest BCUT2D eigenvalue weighted by Gasteiger charge is -2.27. The quantitative estimate of drug-likeness (QED) is 0.302. The van der Waals surface area contributed by atoms with Crippen molar-refractivity contribution in [3.05, 3.63) is 71.3 Å². The molecular formula is C28H40N4O3. The minimum Gasteiger partial charge on any atom is -0.395 e. The van der Waals surface area contributed by atoms with E-state index in [2.05, 4.69) is 16.0 Å². The van der Waals surface area contributed by atoms with E-state index in [0.29, 0.717) is 25.6 Å². The summed E-state index contributed by atoms with van der Waals surface area (Å²) in [7, 11) is 0. The van der Waals surface area contributed by atoms with Crippen molar-refractivity contribution in [1.82, 2.24) is 16.0 Å². The number of carbonyl (C=O) groups excluding carboxylic acids is 2. The SMILES string of the molecule is NCc1ccc(CNC(=O)[C@@H](CNC(=O)[C@@H](CC2CCCCC2)NCCO)c2ccccc2)cc1. The van der Waals surface area contributed by atoms with Gasteiger partial charge in [-0.25, -0.2) is 0 Å². The fourth-order valence-electron chi connectivity index (χ4n) is 4.76. The van der Waals surface area contributed by atoms with E-state index in [1.165, 1.54) is 19.3 Å². The molecule has 190 valence electrons. The van der Waals surface area contributed by atoms with Gasteiger partial charge in [-0.2, -0.15) is 0 Å². The maximum Gasteiger partial charge on any atom is 0.237 e. The molecule has 2 aromatic rings. The molecule has 0 bridgehead atoms. The average molecular weight is 481 g/mol. The van der Waals surface area contributed by atoms with Crippen molar-refractivity contribution in [3.8, 4) is 0 Å². The van der Waals surface area contributed by atoms with Gasteiger partial charge < -0.3 is 26.8 Å². The standard InChI is InChI=1S/C28H40N4O3/c29-18-22-11-13-23(14-12-22)19-31-27(34)25(24-9-5-2-6-10-24)20-32-28(35)26(30-15-16-33)17-21-7-3-1-4-8-21/h2,5-6,9-14,21,25-26,30,33H,1,3-4,7-8,15-20,29H2,(H,31,34)(H,32,35)/t25-,26+/m0/s1. The van der Waals surface area contributed by atoms with Crippen LogP contribution in [0.25, 0.3) is 0 Å². The Morgan fingerprint density at radius 2 is 1.60 bits per heavy atom. The number of rotatable bonds is 13. The second kappa shape index (κ2) is 14.6. The van der Waals surface area contributed by atoms with Gasteiger partial charge in [0.25, 0.3) is 0 Å². The maximum atomic E-state index is 13.2. The Hall–Kier alpha value is -2.74. The van der Waals surface area contributed by atoms with Crippen molar-refractivity contribution in [2.24, 2.45) is 11.7 Å². The van der Waals surface area contributed by atoms with Crippen molar-refractivity contribution in [1.29, 1.82) is 0 Å². The molecule has 2 atom stereocenters. The number of hydrogen-bond donors (Lipinski definition) is 5. The highest BCUT2D eigenvalue weighted by molar-refractivity contribution is 5.86. The van der Waals surface area contributed by atoms with Gasteiger partial charge in [-0.3, -0.25) is 9.59 Å². The molecule has 0 heterocycles. The van der Waals surface area contributed by atoms with Crippen LogP contribution in [0.5, 0.6) is 0 Å². The number of aliphatic hydroxyl groups is 1. The van der Waals surface area contributed by atoms with Crippen molar-refractivity contribution in [3.63, 3.8) is 0 Å². The first-order chi connectivity index (χ1) is 17.1. The lowest BCUT2D eigenvalue weighted by atomic mass is 9.84. The molecular weight excluding hydrogens is 440 g/mol. The Bertz CT molecular complexity index is 898. The molecule has 6 N–H and O–H groups in total. The molecule has 2 amide bonds. The molecule has 7 heteroatoms. The number of carbonyl (C=O) groups is 2. The van der Waals surface area contributed by atoms with Crippen LogP contribution in [-0.2, 0) is 22.7 Å². The third-order valence-electron chi connectivity index (χ3n) is 6.84. The van der Waals surface area contributed by atoms with E-state index < -0.39 is 5.92 Å². The minimum atomic E-state index is -0.503. The highest BCUT2D eigenvalue weighted by Gasteiger charge is 2.26. The molecule has 7 nitrogen and oxygen atoms in total. The second-order valence-electron chi connectivity index (χ2n) is 9.42. The Kier molecular flexibility index (Phi) is 11.2. The number of amides is 2. The summed E-state index contributed by atoms with van der Waals surface area (Å²) in [5, 5.41) is 18.5. The van der Waals surface area contributed by atoms with Gasteiger partial charge in [0, 0.05) is 26.2 Å². The van der Waals surface area contributed by atoms with Crippen molar-refractivity contribution < 1.29 is 14.7 Å². The van der Waals surface area contributed by atoms with Crippen LogP contribution < -0.4 is 21.7 Å². The van der Waals surface area contributed by atoms with Gasteiger partial charge in [-0.15, -0.1) is 0 Å². The lowest BCUT2D eigenvalue weighted by molar-refractivity contribution is -0.125. The third kappa shape index (κ3) is 8.76. The third-order valence-corrected chi connectivity index (χ3v) is 6.84. The fraction of sp³-hybridized carbons (Fsp3) is 0.500. The number of nitrogens with two attached hydrogens (primary N) is 1. The van der Waals surface area contributed by atoms with Crippen molar-refractivity contribution in [2.45, 2.75) is 63.6 Å². The molecule has 0 saturated heterocycles. The molecule has 2 aromatic carbocycles. The molecule has 0 unspecified atom stereocenters. The summed E-state index contributed by atoms with van der Waals surface area (Å²) in [4.78, 5) is 26.3. The van der Waals surface area contributed by atoms with E-state index >= 15 is 0 Å². The topological polar surface area (TPSA) is 116 Å². The molecule has 0 radical (unpaired) electrons.